The zero-order chi connectivity index (χ0) is 13.7. The van der Waals surface area contributed by atoms with Crippen LogP contribution in [-0.2, 0) is 4.79 Å². The molecule has 1 N–H and O–H groups in total. The summed E-state index contributed by atoms with van der Waals surface area (Å²) < 4.78 is 0. The first-order valence-electron chi connectivity index (χ1n) is 5.95. The van der Waals surface area contributed by atoms with Gasteiger partial charge >= 0.3 is 5.97 Å². The van der Waals surface area contributed by atoms with E-state index in [0.29, 0.717) is 12.1 Å². The predicted octanol–water partition coefficient (Wildman–Crippen LogP) is 2.56. The van der Waals surface area contributed by atoms with Crippen molar-refractivity contribution in [3.8, 4) is 6.07 Å². The molecule has 0 saturated heterocycles. The van der Waals surface area contributed by atoms with Gasteiger partial charge in [0.1, 0.15) is 6.07 Å². The van der Waals surface area contributed by atoms with E-state index in [2.05, 4.69) is 6.07 Å². The van der Waals surface area contributed by atoms with Gasteiger partial charge in [0, 0.05) is 12.6 Å². The molecule has 1 aromatic carbocycles. The van der Waals surface area contributed by atoms with Gasteiger partial charge in [-0.3, -0.25) is 4.79 Å². The van der Waals surface area contributed by atoms with Crippen molar-refractivity contribution >= 4 is 11.7 Å². The van der Waals surface area contributed by atoms with Gasteiger partial charge in [-0.25, -0.2) is 0 Å². The Morgan fingerprint density at radius 2 is 2.17 bits per heavy atom. The molecule has 0 spiro atoms. The highest BCUT2D eigenvalue weighted by Gasteiger charge is 2.15. The summed E-state index contributed by atoms with van der Waals surface area (Å²) in [5, 5.41) is 17.9. The zero-order valence-corrected chi connectivity index (χ0v) is 11.0. The SMILES string of the molecule is Cc1ccc(N(CCC(=O)O)C(C)C)c(C#N)c1. The lowest BCUT2D eigenvalue weighted by molar-refractivity contribution is -0.136. The van der Waals surface area contributed by atoms with E-state index < -0.39 is 5.97 Å². The number of anilines is 1. The Morgan fingerprint density at radius 3 is 2.67 bits per heavy atom. The molecule has 0 aliphatic carbocycles. The molecule has 0 fully saturated rings. The van der Waals surface area contributed by atoms with Gasteiger partial charge in [0.25, 0.3) is 0 Å². The molecule has 18 heavy (non-hydrogen) atoms. The maximum Gasteiger partial charge on any atom is 0.305 e. The maximum absolute atomic E-state index is 10.7. The van der Waals surface area contributed by atoms with Gasteiger partial charge in [-0.1, -0.05) is 6.07 Å². The maximum atomic E-state index is 10.7. The van der Waals surface area contributed by atoms with E-state index in [9.17, 15) is 4.79 Å². The Kier molecular flexibility index (Phi) is 4.73. The topological polar surface area (TPSA) is 64.3 Å². The standard InChI is InChI=1S/C14H18N2O2/c1-10(2)16(7-6-14(17)18)13-5-4-11(3)8-12(13)9-15/h4-5,8,10H,6-7H2,1-3H3,(H,17,18). The number of carboxylic acid groups (broad SMARTS) is 1. The highest BCUT2D eigenvalue weighted by Crippen LogP contribution is 2.23. The second kappa shape index (κ2) is 6.06. The Balaban J connectivity index is 3.06. The number of hydrogen-bond donors (Lipinski definition) is 1. The van der Waals surface area contributed by atoms with Crippen LogP contribution < -0.4 is 4.90 Å². The van der Waals surface area contributed by atoms with E-state index in [4.69, 9.17) is 10.4 Å². The van der Waals surface area contributed by atoms with Crippen LogP contribution >= 0.6 is 0 Å². The highest BCUT2D eigenvalue weighted by atomic mass is 16.4. The predicted molar refractivity (Wildman–Crippen MR) is 70.6 cm³/mol. The second-order valence-electron chi connectivity index (χ2n) is 4.56. The number of hydrogen-bond acceptors (Lipinski definition) is 3. The van der Waals surface area contributed by atoms with Crippen LogP contribution in [-0.4, -0.2) is 23.7 Å². The minimum absolute atomic E-state index is 0.0664. The second-order valence-corrected chi connectivity index (χ2v) is 4.56. The van der Waals surface area contributed by atoms with Crippen LogP contribution in [0.25, 0.3) is 0 Å². The summed E-state index contributed by atoms with van der Waals surface area (Å²) in [6.07, 6.45) is 0.0664. The molecule has 1 rings (SSSR count). The monoisotopic (exact) mass is 246 g/mol. The molecular formula is C14H18N2O2. The fraction of sp³-hybridized carbons (Fsp3) is 0.429. The van der Waals surface area contributed by atoms with Crippen molar-refractivity contribution in [2.75, 3.05) is 11.4 Å². The molecule has 4 heteroatoms. The summed E-state index contributed by atoms with van der Waals surface area (Å²) in [6, 6.07) is 7.97. The van der Waals surface area contributed by atoms with Crippen LogP contribution in [0.4, 0.5) is 5.69 Å². The van der Waals surface area contributed by atoms with Gasteiger partial charge < -0.3 is 10.0 Å². The number of nitrogens with zero attached hydrogens (tertiary/aromatic N) is 2. The third-order valence-electron chi connectivity index (χ3n) is 2.77. The Bertz CT molecular complexity index is 475. The molecule has 0 aliphatic rings. The van der Waals surface area contributed by atoms with Gasteiger partial charge in [-0.15, -0.1) is 0 Å². The van der Waals surface area contributed by atoms with Crippen molar-refractivity contribution in [3.05, 3.63) is 29.3 Å². The summed E-state index contributed by atoms with van der Waals surface area (Å²) in [5.41, 5.74) is 2.42. The van der Waals surface area contributed by atoms with Crippen molar-refractivity contribution in [3.63, 3.8) is 0 Å². The average molecular weight is 246 g/mol. The summed E-state index contributed by atoms with van der Waals surface area (Å²) in [5.74, 6) is -0.828. The Labute approximate surface area is 107 Å². The number of nitriles is 1. The van der Waals surface area contributed by atoms with E-state index in [1.54, 1.807) is 0 Å². The third kappa shape index (κ3) is 3.49. The van der Waals surface area contributed by atoms with E-state index in [0.717, 1.165) is 11.3 Å². The Hall–Kier alpha value is -2.02. The summed E-state index contributed by atoms with van der Waals surface area (Å²) >= 11 is 0. The molecule has 0 heterocycles. The van der Waals surface area contributed by atoms with Gasteiger partial charge in [0.2, 0.25) is 0 Å². The fourth-order valence-electron chi connectivity index (χ4n) is 1.86. The van der Waals surface area contributed by atoms with Crippen LogP contribution in [0, 0.1) is 18.3 Å². The third-order valence-corrected chi connectivity index (χ3v) is 2.77. The van der Waals surface area contributed by atoms with Crippen LogP contribution in [0.5, 0.6) is 0 Å². The quantitative estimate of drug-likeness (QED) is 0.867. The minimum Gasteiger partial charge on any atom is -0.481 e. The number of aryl methyl sites for hydroxylation is 1. The first kappa shape index (κ1) is 14.0. The first-order chi connectivity index (χ1) is 8.45. The number of aliphatic carboxylic acids is 1. The van der Waals surface area contributed by atoms with Crippen molar-refractivity contribution in [1.29, 1.82) is 5.26 Å². The molecule has 96 valence electrons. The van der Waals surface area contributed by atoms with Crippen LogP contribution in [0.15, 0.2) is 18.2 Å². The molecule has 4 nitrogen and oxygen atoms in total. The molecule has 0 aromatic heterocycles. The zero-order valence-electron chi connectivity index (χ0n) is 11.0. The van der Waals surface area contributed by atoms with E-state index in [1.165, 1.54) is 0 Å². The molecule has 1 aromatic rings. The molecule has 0 atom stereocenters. The minimum atomic E-state index is -0.828. The van der Waals surface area contributed by atoms with Gasteiger partial charge in [0.15, 0.2) is 0 Å². The van der Waals surface area contributed by atoms with Crippen LogP contribution in [0.2, 0.25) is 0 Å². The molecule has 0 saturated carbocycles. The van der Waals surface area contributed by atoms with Crippen molar-refractivity contribution in [2.24, 2.45) is 0 Å². The van der Waals surface area contributed by atoms with Gasteiger partial charge in [0.05, 0.1) is 17.7 Å². The molecular weight excluding hydrogens is 228 g/mol. The molecule has 0 radical (unpaired) electrons. The molecule has 0 aliphatic heterocycles. The van der Waals surface area contributed by atoms with Crippen molar-refractivity contribution in [2.45, 2.75) is 33.2 Å². The molecule has 0 unspecified atom stereocenters. The van der Waals surface area contributed by atoms with Crippen molar-refractivity contribution < 1.29 is 9.90 Å². The van der Waals surface area contributed by atoms with E-state index in [-0.39, 0.29) is 12.5 Å². The fourth-order valence-corrected chi connectivity index (χ4v) is 1.86. The Morgan fingerprint density at radius 1 is 1.50 bits per heavy atom. The van der Waals surface area contributed by atoms with Gasteiger partial charge in [-0.05, 0) is 38.5 Å². The smallest absolute Gasteiger partial charge is 0.305 e. The number of rotatable bonds is 5. The summed E-state index contributed by atoms with van der Waals surface area (Å²) in [4.78, 5) is 12.6. The number of carboxylic acids is 1. The number of benzene rings is 1. The highest BCUT2D eigenvalue weighted by molar-refractivity contribution is 5.68. The molecule has 0 amide bonds. The van der Waals surface area contributed by atoms with Crippen LogP contribution in [0.1, 0.15) is 31.4 Å². The first-order valence-corrected chi connectivity index (χ1v) is 5.95. The van der Waals surface area contributed by atoms with Crippen molar-refractivity contribution in [1.82, 2.24) is 0 Å². The van der Waals surface area contributed by atoms with E-state index in [1.807, 2.05) is 43.9 Å². The number of carbonyl (C=O) groups is 1. The average Bonchev–Trinajstić information content (AvgIpc) is 2.30. The molecule has 0 bridgehead atoms. The lowest BCUT2D eigenvalue weighted by atomic mass is 10.1. The lowest BCUT2D eigenvalue weighted by Crippen LogP contribution is -2.33. The normalized spacial score (nSPS) is 10.2. The summed E-state index contributed by atoms with van der Waals surface area (Å²) in [7, 11) is 0. The largest absolute Gasteiger partial charge is 0.481 e. The van der Waals surface area contributed by atoms with Gasteiger partial charge in [-0.2, -0.15) is 5.26 Å². The summed E-state index contributed by atoms with van der Waals surface area (Å²) in [6.45, 7) is 6.32. The lowest BCUT2D eigenvalue weighted by Gasteiger charge is -2.29. The van der Waals surface area contributed by atoms with E-state index >= 15 is 0 Å². The van der Waals surface area contributed by atoms with Crippen LogP contribution in [0.3, 0.4) is 0 Å².